The van der Waals surface area contributed by atoms with Crippen molar-refractivity contribution in [3.8, 4) is 5.69 Å². The van der Waals surface area contributed by atoms with Crippen molar-refractivity contribution in [2.24, 2.45) is 0 Å². The molecule has 0 bridgehead atoms. The number of nitrogens with one attached hydrogen (secondary N) is 2. The largest absolute Gasteiger partial charge is 0.318 e. The topological polar surface area (TPSA) is 106 Å². The Hall–Kier alpha value is -3.11. The van der Waals surface area contributed by atoms with Crippen LogP contribution in [0.15, 0.2) is 53.4 Å². The average molecular weight is 431 g/mol. The van der Waals surface area contributed by atoms with Crippen LogP contribution < -0.4 is 10.0 Å². The monoisotopic (exact) mass is 431 g/mol. The maximum absolute atomic E-state index is 13.2. The van der Waals surface area contributed by atoms with Crippen molar-refractivity contribution in [2.45, 2.75) is 38.1 Å². The number of benzene rings is 2. The van der Waals surface area contributed by atoms with Crippen LogP contribution in [0.5, 0.6) is 0 Å². The summed E-state index contributed by atoms with van der Waals surface area (Å²) >= 11 is 0. The van der Waals surface area contributed by atoms with E-state index in [2.05, 4.69) is 20.1 Å². The number of nitrogens with zero attached hydrogens (tertiary/aromatic N) is 3. The van der Waals surface area contributed by atoms with Crippen LogP contribution in [0.25, 0.3) is 5.69 Å². The van der Waals surface area contributed by atoms with E-state index in [1.54, 1.807) is 39.8 Å². The molecule has 0 unspecified atom stereocenters. The number of para-hydroxylation sites is 1. The molecule has 1 heterocycles. The predicted octanol–water partition coefficient (Wildman–Crippen LogP) is 3.04. The molecule has 0 aliphatic carbocycles. The first kappa shape index (κ1) is 21.6. The van der Waals surface area contributed by atoms with Crippen molar-refractivity contribution >= 4 is 21.6 Å². The maximum atomic E-state index is 13.2. The zero-order chi connectivity index (χ0) is 22.1. The number of aromatic nitrogens is 3. The molecule has 2 N–H and O–H groups in total. The van der Waals surface area contributed by atoms with Gasteiger partial charge in [-0.2, -0.15) is 0 Å². The second-order valence-corrected chi connectivity index (χ2v) is 9.33. The van der Waals surface area contributed by atoms with Crippen molar-refractivity contribution in [1.29, 1.82) is 0 Å². The number of rotatable bonds is 5. The van der Waals surface area contributed by atoms with Crippen molar-refractivity contribution in [3.63, 3.8) is 0 Å². The average Bonchev–Trinajstić information content (AvgIpc) is 3.03. The van der Waals surface area contributed by atoms with E-state index in [0.717, 1.165) is 0 Å². The third-order valence-corrected chi connectivity index (χ3v) is 5.72. The minimum atomic E-state index is -3.87. The number of sulfonamides is 1. The molecule has 1 amide bonds. The van der Waals surface area contributed by atoms with Crippen LogP contribution in [0, 0.1) is 12.7 Å². The van der Waals surface area contributed by atoms with Gasteiger partial charge in [0.25, 0.3) is 5.91 Å². The molecule has 8 nitrogen and oxygen atoms in total. The van der Waals surface area contributed by atoms with E-state index < -0.39 is 27.3 Å². The fraction of sp³-hybridized carbons (Fsp3) is 0.250. The van der Waals surface area contributed by atoms with Crippen LogP contribution in [0.3, 0.4) is 0 Å². The van der Waals surface area contributed by atoms with Crippen molar-refractivity contribution in [3.05, 3.63) is 66.0 Å². The SMILES string of the molecule is Cc1nc(C(=O)Nc2ccccc2S(=O)(=O)NC(C)(C)C)nn1-c1ccc(F)cc1. The molecular weight excluding hydrogens is 409 g/mol. The first-order valence-corrected chi connectivity index (χ1v) is 10.6. The lowest BCUT2D eigenvalue weighted by atomic mass is 10.1. The fourth-order valence-corrected chi connectivity index (χ4v) is 4.34. The van der Waals surface area contributed by atoms with Gasteiger partial charge in [-0.25, -0.2) is 27.2 Å². The summed E-state index contributed by atoms with van der Waals surface area (Å²) < 4.78 is 42.6. The van der Waals surface area contributed by atoms with Crippen LogP contribution in [-0.2, 0) is 10.0 Å². The lowest BCUT2D eigenvalue weighted by Crippen LogP contribution is -2.40. The van der Waals surface area contributed by atoms with Gasteiger partial charge in [0.2, 0.25) is 15.8 Å². The Bertz CT molecular complexity index is 1180. The van der Waals surface area contributed by atoms with Crippen LogP contribution in [-0.4, -0.2) is 34.6 Å². The van der Waals surface area contributed by atoms with E-state index >= 15 is 0 Å². The van der Waals surface area contributed by atoms with Crippen LogP contribution >= 0.6 is 0 Å². The maximum Gasteiger partial charge on any atom is 0.295 e. The smallest absolute Gasteiger partial charge is 0.295 e. The Morgan fingerprint density at radius 2 is 1.70 bits per heavy atom. The number of hydrogen-bond acceptors (Lipinski definition) is 5. The number of carbonyl (C=O) groups is 1. The lowest BCUT2D eigenvalue weighted by molar-refractivity contribution is 0.101. The van der Waals surface area contributed by atoms with Gasteiger partial charge in [0.1, 0.15) is 16.5 Å². The highest BCUT2D eigenvalue weighted by Crippen LogP contribution is 2.23. The minimum Gasteiger partial charge on any atom is -0.318 e. The number of carbonyl (C=O) groups excluding carboxylic acids is 1. The molecule has 0 saturated heterocycles. The van der Waals surface area contributed by atoms with Gasteiger partial charge in [0.05, 0.1) is 11.4 Å². The van der Waals surface area contributed by atoms with Gasteiger partial charge in [-0.3, -0.25) is 4.79 Å². The molecule has 158 valence electrons. The molecule has 1 aromatic heterocycles. The molecule has 0 radical (unpaired) electrons. The molecule has 3 aromatic rings. The molecule has 0 aliphatic heterocycles. The molecule has 0 atom stereocenters. The van der Waals surface area contributed by atoms with Crippen molar-refractivity contribution < 1.29 is 17.6 Å². The third-order valence-electron chi connectivity index (χ3n) is 3.91. The quantitative estimate of drug-likeness (QED) is 0.646. The van der Waals surface area contributed by atoms with Crippen LogP contribution in [0.1, 0.15) is 37.2 Å². The standard InChI is InChI=1S/C20H22FN5O3S/c1-13-22-18(24-26(13)15-11-9-14(21)10-12-15)19(27)23-16-7-5-6-8-17(16)30(28,29)25-20(2,3)4/h5-12,25H,1-4H3,(H,23,27). The molecule has 0 saturated carbocycles. The molecule has 0 spiro atoms. The Morgan fingerprint density at radius 1 is 1.07 bits per heavy atom. The Kier molecular flexibility index (Phi) is 5.73. The van der Waals surface area contributed by atoms with E-state index in [0.29, 0.717) is 11.5 Å². The summed E-state index contributed by atoms with van der Waals surface area (Å²) in [5.74, 6) is -0.789. The third kappa shape index (κ3) is 4.89. The molecule has 3 rings (SSSR count). The van der Waals surface area contributed by atoms with Gasteiger partial charge in [-0.05, 0) is 64.1 Å². The summed E-state index contributed by atoms with van der Waals surface area (Å²) in [7, 11) is -3.87. The van der Waals surface area contributed by atoms with E-state index in [4.69, 9.17) is 0 Å². The van der Waals surface area contributed by atoms with Gasteiger partial charge >= 0.3 is 0 Å². The number of amides is 1. The minimum absolute atomic E-state index is 0.0667. The summed E-state index contributed by atoms with van der Waals surface area (Å²) in [5.41, 5.74) is -0.0458. The zero-order valence-corrected chi connectivity index (χ0v) is 17.8. The van der Waals surface area contributed by atoms with E-state index in [9.17, 15) is 17.6 Å². The fourth-order valence-electron chi connectivity index (χ4n) is 2.75. The summed E-state index contributed by atoms with van der Waals surface area (Å²) in [5, 5.41) is 6.73. The number of anilines is 1. The van der Waals surface area contributed by atoms with Gasteiger partial charge in [0.15, 0.2) is 0 Å². The Labute approximate surface area is 174 Å². The molecular formula is C20H22FN5O3S. The number of hydrogen-bond donors (Lipinski definition) is 2. The molecule has 2 aromatic carbocycles. The predicted molar refractivity (Wildman–Crippen MR) is 111 cm³/mol. The zero-order valence-electron chi connectivity index (χ0n) is 17.0. The summed E-state index contributed by atoms with van der Waals surface area (Å²) in [6.07, 6.45) is 0. The first-order chi connectivity index (χ1) is 14.0. The summed E-state index contributed by atoms with van der Waals surface area (Å²) in [4.78, 5) is 16.8. The summed E-state index contributed by atoms with van der Waals surface area (Å²) in [6.45, 7) is 6.82. The van der Waals surface area contributed by atoms with Crippen molar-refractivity contribution in [1.82, 2.24) is 19.5 Å². The highest BCUT2D eigenvalue weighted by atomic mass is 32.2. The van der Waals surface area contributed by atoms with Gasteiger partial charge in [0, 0.05) is 5.54 Å². The molecule has 0 aliphatic rings. The van der Waals surface area contributed by atoms with E-state index in [1.165, 1.54) is 41.1 Å². The Balaban J connectivity index is 1.89. The lowest BCUT2D eigenvalue weighted by Gasteiger charge is -2.21. The van der Waals surface area contributed by atoms with Gasteiger partial charge in [-0.1, -0.05) is 12.1 Å². The van der Waals surface area contributed by atoms with Crippen LogP contribution in [0.2, 0.25) is 0 Å². The highest BCUT2D eigenvalue weighted by molar-refractivity contribution is 7.89. The Morgan fingerprint density at radius 3 is 2.33 bits per heavy atom. The van der Waals surface area contributed by atoms with E-state index in [1.807, 2.05) is 0 Å². The van der Waals surface area contributed by atoms with Crippen LogP contribution in [0.4, 0.5) is 10.1 Å². The number of halogens is 1. The second kappa shape index (κ2) is 7.96. The van der Waals surface area contributed by atoms with Gasteiger partial charge in [-0.15, -0.1) is 5.10 Å². The molecule has 10 heteroatoms. The first-order valence-electron chi connectivity index (χ1n) is 9.10. The number of aryl methyl sites for hydroxylation is 1. The second-order valence-electron chi connectivity index (χ2n) is 7.68. The van der Waals surface area contributed by atoms with Gasteiger partial charge < -0.3 is 5.32 Å². The molecule has 30 heavy (non-hydrogen) atoms. The molecule has 0 fully saturated rings. The van der Waals surface area contributed by atoms with E-state index in [-0.39, 0.29) is 16.4 Å². The summed E-state index contributed by atoms with van der Waals surface area (Å²) in [6, 6.07) is 11.6. The highest BCUT2D eigenvalue weighted by Gasteiger charge is 2.26. The van der Waals surface area contributed by atoms with Crippen molar-refractivity contribution in [2.75, 3.05) is 5.32 Å². The normalized spacial score (nSPS) is 12.0.